The number of aromatic carboxylic acids is 1. The Morgan fingerprint density at radius 1 is 1.21 bits per heavy atom. The molecular formula is C13H9Cl2NO2S. The zero-order valence-electron chi connectivity index (χ0n) is 9.85. The van der Waals surface area contributed by atoms with Gasteiger partial charge in [-0.1, -0.05) is 35.0 Å². The second kappa shape index (κ2) is 5.82. The zero-order valence-corrected chi connectivity index (χ0v) is 12.2. The molecule has 3 nitrogen and oxygen atoms in total. The SMILES string of the molecule is Cc1ccc(C(=O)O)c(Sc2ccc(Cl)c(Cl)c2)n1. The summed E-state index contributed by atoms with van der Waals surface area (Å²) in [4.78, 5) is 16.2. The third-order valence-corrected chi connectivity index (χ3v) is 4.07. The van der Waals surface area contributed by atoms with Crippen molar-refractivity contribution >= 4 is 40.9 Å². The van der Waals surface area contributed by atoms with Gasteiger partial charge in [-0.2, -0.15) is 0 Å². The van der Waals surface area contributed by atoms with E-state index in [4.69, 9.17) is 28.3 Å². The second-order valence-electron chi connectivity index (χ2n) is 3.79. The van der Waals surface area contributed by atoms with Crippen LogP contribution in [0.3, 0.4) is 0 Å². The summed E-state index contributed by atoms with van der Waals surface area (Å²) in [5, 5.41) is 10.5. The van der Waals surface area contributed by atoms with Crippen LogP contribution < -0.4 is 0 Å². The fourth-order valence-corrected chi connectivity index (χ4v) is 2.78. The molecule has 1 aromatic heterocycles. The first kappa shape index (κ1) is 14.2. The number of carboxylic acid groups (broad SMARTS) is 1. The molecule has 0 saturated carbocycles. The molecule has 2 rings (SSSR count). The number of carboxylic acids is 1. The molecule has 0 aliphatic rings. The first-order valence-electron chi connectivity index (χ1n) is 5.31. The van der Waals surface area contributed by atoms with E-state index in [2.05, 4.69) is 4.98 Å². The van der Waals surface area contributed by atoms with Gasteiger partial charge in [0.15, 0.2) is 0 Å². The molecule has 2 aromatic rings. The van der Waals surface area contributed by atoms with Crippen LogP contribution in [0, 0.1) is 6.92 Å². The summed E-state index contributed by atoms with van der Waals surface area (Å²) in [7, 11) is 0. The van der Waals surface area contributed by atoms with Crippen molar-refractivity contribution in [2.24, 2.45) is 0 Å². The van der Waals surface area contributed by atoms with Crippen molar-refractivity contribution in [2.45, 2.75) is 16.8 Å². The maximum atomic E-state index is 11.1. The van der Waals surface area contributed by atoms with Gasteiger partial charge >= 0.3 is 5.97 Å². The molecule has 19 heavy (non-hydrogen) atoms. The van der Waals surface area contributed by atoms with Gasteiger partial charge in [0.2, 0.25) is 0 Å². The lowest BCUT2D eigenvalue weighted by Gasteiger charge is -2.06. The maximum Gasteiger partial charge on any atom is 0.338 e. The van der Waals surface area contributed by atoms with Gasteiger partial charge in [0, 0.05) is 10.6 Å². The van der Waals surface area contributed by atoms with Crippen LogP contribution in [0.5, 0.6) is 0 Å². The van der Waals surface area contributed by atoms with Crippen LogP contribution in [-0.2, 0) is 0 Å². The average Bonchev–Trinajstić information content (AvgIpc) is 2.33. The number of aromatic nitrogens is 1. The summed E-state index contributed by atoms with van der Waals surface area (Å²) in [6.07, 6.45) is 0. The number of carbonyl (C=O) groups is 1. The van der Waals surface area contributed by atoms with E-state index in [0.717, 1.165) is 10.6 Å². The minimum atomic E-state index is -1.00. The molecule has 0 bridgehead atoms. The highest BCUT2D eigenvalue weighted by atomic mass is 35.5. The van der Waals surface area contributed by atoms with Crippen LogP contribution in [0.4, 0.5) is 0 Å². The van der Waals surface area contributed by atoms with E-state index >= 15 is 0 Å². The van der Waals surface area contributed by atoms with Crippen molar-refractivity contribution in [1.29, 1.82) is 0 Å². The number of pyridine rings is 1. The molecule has 0 aliphatic carbocycles. The van der Waals surface area contributed by atoms with Gasteiger partial charge in [0.05, 0.1) is 15.6 Å². The standard InChI is InChI=1S/C13H9Cl2NO2S/c1-7-2-4-9(13(17)18)12(16-7)19-8-3-5-10(14)11(15)6-8/h2-6H,1H3,(H,17,18). The molecule has 0 radical (unpaired) electrons. The topological polar surface area (TPSA) is 50.2 Å². The number of benzene rings is 1. The summed E-state index contributed by atoms with van der Waals surface area (Å²) >= 11 is 13.0. The number of halogens is 2. The van der Waals surface area contributed by atoms with Crippen LogP contribution in [0.1, 0.15) is 16.1 Å². The number of rotatable bonds is 3. The monoisotopic (exact) mass is 313 g/mol. The molecule has 0 fully saturated rings. The third kappa shape index (κ3) is 3.41. The second-order valence-corrected chi connectivity index (χ2v) is 5.67. The predicted octanol–water partition coefficient (Wildman–Crippen LogP) is 4.55. The zero-order chi connectivity index (χ0) is 14.0. The lowest BCUT2D eigenvalue weighted by molar-refractivity contribution is 0.0692. The predicted molar refractivity (Wildman–Crippen MR) is 76.5 cm³/mol. The first-order valence-corrected chi connectivity index (χ1v) is 6.88. The molecule has 0 atom stereocenters. The van der Waals surface area contributed by atoms with Crippen molar-refractivity contribution < 1.29 is 9.90 Å². The van der Waals surface area contributed by atoms with Gasteiger partial charge in [-0.3, -0.25) is 0 Å². The van der Waals surface area contributed by atoms with Gasteiger partial charge in [0.25, 0.3) is 0 Å². The molecule has 0 saturated heterocycles. The molecule has 6 heteroatoms. The van der Waals surface area contributed by atoms with Crippen molar-refractivity contribution in [3.05, 3.63) is 51.6 Å². The Morgan fingerprint density at radius 2 is 1.95 bits per heavy atom. The quantitative estimate of drug-likeness (QED) is 0.903. The average molecular weight is 314 g/mol. The molecular weight excluding hydrogens is 305 g/mol. The lowest BCUT2D eigenvalue weighted by Crippen LogP contribution is -2.01. The van der Waals surface area contributed by atoms with Crippen molar-refractivity contribution in [3.63, 3.8) is 0 Å². The van der Waals surface area contributed by atoms with Crippen LogP contribution in [0.25, 0.3) is 0 Å². The summed E-state index contributed by atoms with van der Waals surface area (Å²) in [5.74, 6) is -1.00. The number of hydrogen-bond acceptors (Lipinski definition) is 3. The Balaban J connectivity index is 2.39. The summed E-state index contributed by atoms with van der Waals surface area (Å²) < 4.78 is 0. The maximum absolute atomic E-state index is 11.1. The van der Waals surface area contributed by atoms with E-state index in [1.54, 1.807) is 30.3 Å². The fourth-order valence-electron chi connectivity index (χ4n) is 1.43. The normalized spacial score (nSPS) is 10.5. The van der Waals surface area contributed by atoms with E-state index in [0.29, 0.717) is 15.1 Å². The molecule has 0 aliphatic heterocycles. The number of aryl methyl sites for hydroxylation is 1. The minimum absolute atomic E-state index is 0.168. The van der Waals surface area contributed by atoms with Gasteiger partial charge in [-0.15, -0.1) is 0 Å². The molecule has 98 valence electrons. The van der Waals surface area contributed by atoms with Gasteiger partial charge in [-0.25, -0.2) is 9.78 Å². The van der Waals surface area contributed by atoms with Crippen molar-refractivity contribution in [2.75, 3.05) is 0 Å². The summed E-state index contributed by atoms with van der Waals surface area (Å²) in [6, 6.07) is 8.34. The van der Waals surface area contributed by atoms with E-state index in [1.165, 1.54) is 11.8 Å². The summed E-state index contributed by atoms with van der Waals surface area (Å²) in [6.45, 7) is 1.81. The Kier molecular flexibility index (Phi) is 4.34. The Bertz CT molecular complexity index is 647. The number of nitrogens with zero attached hydrogens (tertiary/aromatic N) is 1. The molecule has 0 amide bonds. The van der Waals surface area contributed by atoms with Crippen molar-refractivity contribution in [1.82, 2.24) is 4.98 Å². The highest BCUT2D eigenvalue weighted by molar-refractivity contribution is 7.99. The number of hydrogen-bond donors (Lipinski definition) is 1. The van der Waals surface area contributed by atoms with Crippen LogP contribution >= 0.6 is 35.0 Å². The van der Waals surface area contributed by atoms with Gasteiger partial charge < -0.3 is 5.11 Å². The molecule has 1 N–H and O–H groups in total. The third-order valence-electron chi connectivity index (χ3n) is 2.34. The molecule has 1 heterocycles. The van der Waals surface area contributed by atoms with E-state index in [9.17, 15) is 4.79 Å². The fraction of sp³-hybridized carbons (Fsp3) is 0.0769. The lowest BCUT2D eigenvalue weighted by atomic mass is 10.2. The van der Waals surface area contributed by atoms with Gasteiger partial charge in [0.1, 0.15) is 5.03 Å². The van der Waals surface area contributed by atoms with Crippen LogP contribution in [-0.4, -0.2) is 16.1 Å². The highest BCUT2D eigenvalue weighted by Gasteiger charge is 2.13. The van der Waals surface area contributed by atoms with E-state index in [1.807, 2.05) is 6.92 Å². The highest BCUT2D eigenvalue weighted by Crippen LogP contribution is 2.33. The van der Waals surface area contributed by atoms with Crippen LogP contribution in [0.2, 0.25) is 10.0 Å². The van der Waals surface area contributed by atoms with Gasteiger partial charge in [-0.05, 0) is 37.3 Å². The Hall–Kier alpha value is -1.23. The van der Waals surface area contributed by atoms with Crippen molar-refractivity contribution in [3.8, 4) is 0 Å². The minimum Gasteiger partial charge on any atom is -0.478 e. The first-order chi connectivity index (χ1) is 8.97. The molecule has 0 spiro atoms. The van der Waals surface area contributed by atoms with Crippen LogP contribution in [0.15, 0.2) is 40.3 Å². The molecule has 0 unspecified atom stereocenters. The van der Waals surface area contributed by atoms with E-state index in [-0.39, 0.29) is 5.56 Å². The van der Waals surface area contributed by atoms with E-state index < -0.39 is 5.97 Å². The smallest absolute Gasteiger partial charge is 0.338 e. The Labute approximate surface area is 124 Å². The molecule has 1 aromatic carbocycles. The Morgan fingerprint density at radius 3 is 2.58 bits per heavy atom. The largest absolute Gasteiger partial charge is 0.478 e. The summed E-state index contributed by atoms with van der Waals surface area (Å²) in [5.41, 5.74) is 0.925.